The zero-order valence-corrected chi connectivity index (χ0v) is 18.4. The van der Waals surface area contributed by atoms with Gasteiger partial charge in [-0.05, 0) is 67.4 Å². The third-order valence-electron chi connectivity index (χ3n) is 4.74. The lowest BCUT2D eigenvalue weighted by atomic mass is 10.2. The average Bonchev–Trinajstić information content (AvgIpc) is 3.20. The normalized spacial score (nSPS) is 11.2. The molecule has 1 N–H and O–H groups in total. The average molecular weight is 429 g/mol. The molecule has 1 aromatic heterocycles. The monoisotopic (exact) mass is 428 g/mol. The molecule has 0 unspecified atom stereocenters. The van der Waals surface area contributed by atoms with E-state index in [2.05, 4.69) is 37.4 Å². The maximum absolute atomic E-state index is 12.4. The fourth-order valence-electron chi connectivity index (χ4n) is 3.16. The maximum Gasteiger partial charge on any atom is 0.248 e. The highest BCUT2D eigenvalue weighted by Crippen LogP contribution is 2.31. The number of fused-ring (bicyclic) bond motifs is 1. The standard InChI is InChI=1S/C26H24N2O2S/c1-3-16-30-23-7-5-4-6-19(23)11-15-25(29)27-21-12-9-20(10-13-21)26-28-22-14-8-18(2)17-24(22)31-26/h4-15,17H,3,16H2,1-2H3,(H,27,29). The van der Waals surface area contributed by atoms with Gasteiger partial charge in [0.25, 0.3) is 0 Å². The second kappa shape index (κ2) is 9.58. The number of ether oxygens (including phenoxy) is 1. The Morgan fingerprint density at radius 1 is 1.10 bits per heavy atom. The molecule has 4 nitrogen and oxygen atoms in total. The summed E-state index contributed by atoms with van der Waals surface area (Å²) in [7, 11) is 0. The van der Waals surface area contributed by atoms with Crippen LogP contribution in [0.4, 0.5) is 5.69 Å². The third-order valence-corrected chi connectivity index (χ3v) is 5.81. The van der Waals surface area contributed by atoms with Gasteiger partial charge in [-0.1, -0.05) is 31.2 Å². The van der Waals surface area contributed by atoms with Crippen molar-refractivity contribution in [2.24, 2.45) is 0 Å². The van der Waals surface area contributed by atoms with Gasteiger partial charge in [-0.2, -0.15) is 0 Å². The summed E-state index contributed by atoms with van der Waals surface area (Å²) in [6.45, 7) is 4.80. The number of benzene rings is 3. The first-order valence-electron chi connectivity index (χ1n) is 10.3. The fourth-order valence-corrected chi connectivity index (χ4v) is 4.23. The van der Waals surface area contributed by atoms with Gasteiger partial charge in [0.1, 0.15) is 10.8 Å². The van der Waals surface area contributed by atoms with Crippen molar-refractivity contribution in [3.05, 3.63) is 83.9 Å². The maximum atomic E-state index is 12.4. The van der Waals surface area contributed by atoms with E-state index in [0.29, 0.717) is 6.61 Å². The fraction of sp³-hybridized carbons (Fsp3) is 0.154. The SMILES string of the molecule is CCCOc1ccccc1C=CC(=O)Nc1ccc(-c2nc3ccc(C)cc3s2)cc1. The number of carbonyl (C=O) groups is 1. The van der Waals surface area contributed by atoms with Crippen LogP contribution in [0.5, 0.6) is 5.75 Å². The Hall–Kier alpha value is -3.44. The molecule has 0 saturated carbocycles. The second-order valence-corrected chi connectivity index (χ2v) is 8.31. The number of hydrogen-bond acceptors (Lipinski definition) is 4. The molecule has 3 aromatic carbocycles. The molecule has 0 aliphatic heterocycles. The molecule has 0 radical (unpaired) electrons. The molecular weight excluding hydrogens is 404 g/mol. The lowest BCUT2D eigenvalue weighted by molar-refractivity contribution is -0.111. The lowest BCUT2D eigenvalue weighted by Gasteiger charge is -2.07. The summed E-state index contributed by atoms with van der Waals surface area (Å²) >= 11 is 1.68. The van der Waals surface area contributed by atoms with Gasteiger partial charge < -0.3 is 10.1 Å². The van der Waals surface area contributed by atoms with Crippen molar-refractivity contribution >= 4 is 39.2 Å². The van der Waals surface area contributed by atoms with Crippen molar-refractivity contribution < 1.29 is 9.53 Å². The summed E-state index contributed by atoms with van der Waals surface area (Å²) in [6, 6.07) is 21.8. The minimum atomic E-state index is -0.187. The van der Waals surface area contributed by atoms with E-state index in [1.54, 1.807) is 17.4 Å². The number of nitrogens with one attached hydrogen (secondary N) is 1. The topological polar surface area (TPSA) is 51.2 Å². The Labute approximate surface area is 186 Å². The van der Waals surface area contributed by atoms with E-state index >= 15 is 0 Å². The van der Waals surface area contributed by atoms with E-state index in [0.717, 1.165) is 39.5 Å². The van der Waals surface area contributed by atoms with Crippen molar-refractivity contribution in [3.63, 3.8) is 0 Å². The minimum Gasteiger partial charge on any atom is -0.493 e. The second-order valence-electron chi connectivity index (χ2n) is 7.28. The van der Waals surface area contributed by atoms with E-state index in [4.69, 9.17) is 9.72 Å². The minimum absolute atomic E-state index is 0.187. The summed E-state index contributed by atoms with van der Waals surface area (Å²) in [4.78, 5) is 17.1. The highest BCUT2D eigenvalue weighted by Gasteiger charge is 2.07. The van der Waals surface area contributed by atoms with Crippen LogP contribution in [0.15, 0.2) is 72.8 Å². The summed E-state index contributed by atoms with van der Waals surface area (Å²) in [5.41, 5.74) is 4.90. The Bertz CT molecular complexity index is 1230. The van der Waals surface area contributed by atoms with E-state index in [1.807, 2.05) is 48.5 Å². The smallest absolute Gasteiger partial charge is 0.248 e. The zero-order chi connectivity index (χ0) is 21.6. The highest BCUT2D eigenvalue weighted by molar-refractivity contribution is 7.21. The largest absolute Gasteiger partial charge is 0.493 e. The number of carbonyl (C=O) groups excluding carboxylic acids is 1. The van der Waals surface area contributed by atoms with Gasteiger partial charge in [-0.25, -0.2) is 4.98 Å². The van der Waals surface area contributed by atoms with Gasteiger partial charge in [0, 0.05) is 22.9 Å². The molecule has 0 aliphatic rings. The summed E-state index contributed by atoms with van der Waals surface area (Å²) in [5.74, 6) is 0.595. The van der Waals surface area contributed by atoms with Crippen molar-refractivity contribution in [2.45, 2.75) is 20.3 Å². The first-order chi connectivity index (χ1) is 15.1. The number of aryl methyl sites for hydroxylation is 1. The number of para-hydroxylation sites is 1. The molecule has 1 amide bonds. The number of hydrogen-bond donors (Lipinski definition) is 1. The Morgan fingerprint density at radius 3 is 2.71 bits per heavy atom. The molecule has 0 saturated heterocycles. The molecule has 156 valence electrons. The van der Waals surface area contributed by atoms with Gasteiger partial charge >= 0.3 is 0 Å². The van der Waals surface area contributed by atoms with Crippen molar-refractivity contribution in [3.8, 4) is 16.3 Å². The summed E-state index contributed by atoms with van der Waals surface area (Å²) in [6.07, 6.45) is 4.24. The van der Waals surface area contributed by atoms with Crippen LogP contribution in [0.1, 0.15) is 24.5 Å². The van der Waals surface area contributed by atoms with Crippen LogP contribution in [0.3, 0.4) is 0 Å². The summed E-state index contributed by atoms with van der Waals surface area (Å²) < 4.78 is 6.91. The van der Waals surface area contributed by atoms with Crippen molar-refractivity contribution in [1.29, 1.82) is 0 Å². The van der Waals surface area contributed by atoms with Crippen LogP contribution in [0, 0.1) is 6.92 Å². The third kappa shape index (κ3) is 5.19. The first-order valence-corrected chi connectivity index (χ1v) is 11.1. The molecule has 0 aliphatic carbocycles. The van der Waals surface area contributed by atoms with E-state index in [1.165, 1.54) is 16.3 Å². The molecule has 31 heavy (non-hydrogen) atoms. The van der Waals surface area contributed by atoms with Crippen LogP contribution >= 0.6 is 11.3 Å². The van der Waals surface area contributed by atoms with Crippen LogP contribution in [-0.4, -0.2) is 17.5 Å². The molecule has 0 fully saturated rings. The van der Waals surface area contributed by atoms with Gasteiger partial charge in [0.05, 0.1) is 16.8 Å². The molecule has 1 heterocycles. The Morgan fingerprint density at radius 2 is 1.90 bits per heavy atom. The van der Waals surface area contributed by atoms with Crippen LogP contribution < -0.4 is 10.1 Å². The number of amides is 1. The van der Waals surface area contributed by atoms with Gasteiger partial charge in [-0.3, -0.25) is 4.79 Å². The number of anilines is 1. The van der Waals surface area contributed by atoms with Crippen molar-refractivity contribution in [1.82, 2.24) is 4.98 Å². The Balaban J connectivity index is 1.43. The number of thiazole rings is 1. The molecule has 5 heteroatoms. The van der Waals surface area contributed by atoms with E-state index in [9.17, 15) is 4.79 Å². The molecule has 0 bridgehead atoms. The molecular formula is C26H24N2O2S. The van der Waals surface area contributed by atoms with E-state index < -0.39 is 0 Å². The quantitative estimate of drug-likeness (QED) is 0.333. The number of aromatic nitrogens is 1. The molecule has 0 spiro atoms. The van der Waals surface area contributed by atoms with Gasteiger partial charge in [0.2, 0.25) is 5.91 Å². The van der Waals surface area contributed by atoms with Crippen molar-refractivity contribution in [2.75, 3.05) is 11.9 Å². The highest BCUT2D eigenvalue weighted by atomic mass is 32.1. The predicted octanol–water partition coefficient (Wildman–Crippen LogP) is 6.71. The molecule has 4 aromatic rings. The molecule has 4 rings (SSSR count). The van der Waals surface area contributed by atoms with Gasteiger partial charge in [0.15, 0.2) is 0 Å². The number of nitrogens with zero attached hydrogens (tertiary/aromatic N) is 1. The lowest BCUT2D eigenvalue weighted by Crippen LogP contribution is -2.07. The summed E-state index contributed by atoms with van der Waals surface area (Å²) in [5, 5.41) is 3.88. The van der Waals surface area contributed by atoms with Crippen LogP contribution in [-0.2, 0) is 4.79 Å². The Kier molecular flexibility index (Phi) is 6.43. The van der Waals surface area contributed by atoms with Crippen LogP contribution in [0.25, 0.3) is 26.9 Å². The number of rotatable bonds is 7. The first kappa shape index (κ1) is 20.8. The van der Waals surface area contributed by atoms with Crippen LogP contribution in [0.2, 0.25) is 0 Å². The van der Waals surface area contributed by atoms with Gasteiger partial charge in [-0.15, -0.1) is 11.3 Å². The predicted molar refractivity (Wildman–Crippen MR) is 130 cm³/mol. The zero-order valence-electron chi connectivity index (χ0n) is 17.6. The van der Waals surface area contributed by atoms with E-state index in [-0.39, 0.29) is 5.91 Å². The molecule has 0 atom stereocenters.